The Morgan fingerprint density at radius 1 is 1.38 bits per heavy atom. The van der Waals surface area contributed by atoms with E-state index >= 15 is 0 Å². The molecule has 1 amide bonds. The van der Waals surface area contributed by atoms with Crippen LogP contribution in [0.15, 0.2) is 24.3 Å². The van der Waals surface area contributed by atoms with Crippen molar-refractivity contribution in [3.05, 3.63) is 34.7 Å². The molecule has 0 saturated carbocycles. The maximum absolute atomic E-state index is 12.4. The van der Waals surface area contributed by atoms with E-state index in [1.54, 1.807) is 12.1 Å². The van der Waals surface area contributed by atoms with Crippen molar-refractivity contribution in [1.82, 2.24) is 10.3 Å². The SMILES string of the molecule is CN(Cc1c(C(=O)NN)sc2ccccc12)CC(F)(F)F. The number of amides is 1. The molecule has 0 unspecified atom stereocenters. The lowest BCUT2D eigenvalue weighted by molar-refractivity contribution is -0.143. The number of alkyl halides is 3. The summed E-state index contributed by atoms with van der Waals surface area (Å²) in [5.41, 5.74) is 2.60. The summed E-state index contributed by atoms with van der Waals surface area (Å²) in [6.45, 7) is -1.02. The Bertz CT molecular complexity index is 654. The first-order valence-corrected chi connectivity index (χ1v) is 6.90. The van der Waals surface area contributed by atoms with Crippen LogP contribution in [0.3, 0.4) is 0 Å². The molecule has 2 aromatic rings. The molecule has 0 radical (unpaired) electrons. The Kier molecular flexibility index (Phi) is 4.50. The Balaban J connectivity index is 2.38. The highest BCUT2D eigenvalue weighted by atomic mass is 32.1. The van der Waals surface area contributed by atoms with Crippen LogP contribution in [0.2, 0.25) is 0 Å². The van der Waals surface area contributed by atoms with Gasteiger partial charge >= 0.3 is 6.18 Å². The number of nitrogens with one attached hydrogen (secondary N) is 1. The van der Waals surface area contributed by atoms with Gasteiger partial charge in [-0.1, -0.05) is 18.2 Å². The molecule has 0 aliphatic rings. The summed E-state index contributed by atoms with van der Waals surface area (Å²) < 4.78 is 38.1. The van der Waals surface area contributed by atoms with Crippen molar-refractivity contribution in [2.45, 2.75) is 12.7 Å². The van der Waals surface area contributed by atoms with Gasteiger partial charge in [0, 0.05) is 11.2 Å². The third kappa shape index (κ3) is 3.72. The lowest BCUT2D eigenvalue weighted by Gasteiger charge is -2.18. The zero-order valence-electron chi connectivity index (χ0n) is 11.2. The summed E-state index contributed by atoms with van der Waals surface area (Å²) in [6.07, 6.45) is -4.28. The Labute approximate surface area is 123 Å². The third-order valence-electron chi connectivity index (χ3n) is 2.91. The average molecular weight is 317 g/mol. The monoisotopic (exact) mass is 317 g/mol. The number of nitrogen functional groups attached to an aromatic ring is 1. The van der Waals surface area contributed by atoms with E-state index < -0.39 is 18.6 Å². The largest absolute Gasteiger partial charge is 0.401 e. The van der Waals surface area contributed by atoms with Gasteiger partial charge in [-0.25, -0.2) is 5.84 Å². The van der Waals surface area contributed by atoms with Crippen molar-refractivity contribution in [2.24, 2.45) is 5.84 Å². The van der Waals surface area contributed by atoms with Crippen LogP contribution < -0.4 is 11.3 Å². The van der Waals surface area contributed by atoms with E-state index in [2.05, 4.69) is 0 Å². The first-order valence-electron chi connectivity index (χ1n) is 6.08. The van der Waals surface area contributed by atoms with Gasteiger partial charge in [0.15, 0.2) is 0 Å². The molecule has 4 nitrogen and oxygen atoms in total. The Morgan fingerprint density at radius 3 is 2.67 bits per heavy atom. The van der Waals surface area contributed by atoms with Crippen molar-refractivity contribution >= 4 is 27.3 Å². The normalized spacial score (nSPS) is 12.1. The highest BCUT2D eigenvalue weighted by Gasteiger charge is 2.30. The van der Waals surface area contributed by atoms with E-state index in [9.17, 15) is 18.0 Å². The predicted molar refractivity (Wildman–Crippen MR) is 75.9 cm³/mol. The molecule has 3 N–H and O–H groups in total. The minimum Gasteiger partial charge on any atom is -0.294 e. The molecule has 0 aliphatic carbocycles. The number of carbonyl (C=O) groups is 1. The number of hydrogen-bond donors (Lipinski definition) is 2. The highest BCUT2D eigenvalue weighted by molar-refractivity contribution is 7.21. The summed E-state index contributed by atoms with van der Waals surface area (Å²) in [7, 11) is 1.37. The van der Waals surface area contributed by atoms with Crippen LogP contribution in [-0.2, 0) is 6.54 Å². The number of hydrazine groups is 1. The number of thiophene rings is 1. The number of halogens is 3. The van der Waals surface area contributed by atoms with Crippen LogP contribution in [0.1, 0.15) is 15.2 Å². The molecular weight excluding hydrogens is 303 g/mol. The molecule has 1 aromatic carbocycles. The van der Waals surface area contributed by atoms with Gasteiger partial charge < -0.3 is 0 Å². The highest BCUT2D eigenvalue weighted by Crippen LogP contribution is 2.32. The number of carbonyl (C=O) groups excluding carboxylic acids is 1. The number of benzene rings is 1. The maximum atomic E-state index is 12.4. The van der Waals surface area contributed by atoms with Crippen molar-refractivity contribution in [2.75, 3.05) is 13.6 Å². The van der Waals surface area contributed by atoms with Gasteiger partial charge in [0.1, 0.15) is 0 Å². The van der Waals surface area contributed by atoms with Crippen LogP contribution in [0.25, 0.3) is 10.1 Å². The minimum absolute atomic E-state index is 0.0201. The lowest BCUT2D eigenvalue weighted by Crippen LogP contribution is -2.33. The number of rotatable bonds is 4. The second-order valence-corrected chi connectivity index (χ2v) is 5.72. The van der Waals surface area contributed by atoms with Crippen molar-refractivity contribution in [3.8, 4) is 0 Å². The summed E-state index contributed by atoms with van der Waals surface area (Å²) in [5.74, 6) is 4.65. The van der Waals surface area contributed by atoms with Crippen molar-refractivity contribution < 1.29 is 18.0 Å². The van der Waals surface area contributed by atoms with Crippen LogP contribution in [0.5, 0.6) is 0 Å². The van der Waals surface area contributed by atoms with Crippen molar-refractivity contribution in [3.63, 3.8) is 0 Å². The average Bonchev–Trinajstić information content (AvgIpc) is 2.75. The van der Waals surface area contributed by atoms with Crippen molar-refractivity contribution in [1.29, 1.82) is 0 Å². The second-order valence-electron chi connectivity index (χ2n) is 4.67. The molecule has 0 atom stereocenters. The lowest BCUT2D eigenvalue weighted by atomic mass is 10.1. The third-order valence-corrected chi connectivity index (χ3v) is 4.12. The molecule has 1 aromatic heterocycles. The zero-order valence-corrected chi connectivity index (χ0v) is 12.0. The van der Waals surface area contributed by atoms with Gasteiger partial charge in [-0.15, -0.1) is 11.3 Å². The van der Waals surface area contributed by atoms with Gasteiger partial charge in [-0.2, -0.15) is 13.2 Å². The summed E-state index contributed by atoms with van der Waals surface area (Å²) in [5, 5.41) is 0.773. The summed E-state index contributed by atoms with van der Waals surface area (Å²) >= 11 is 1.22. The Hall–Kier alpha value is -1.64. The zero-order chi connectivity index (χ0) is 15.6. The number of nitrogens with two attached hydrogens (primary N) is 1. The fraction of sp³-hybridized carbons (Fsp3) is 0.308. The first kappa shape index (κ1) is 15.7. The van der Waals surface area contributed by atoms with Gasteiger partial charge in [0.25, 0.3) is 5.91 Å². The topological polar surface area (TPSA) is 58.4 Å². The minimum atomic E-state index is -4.28. The smallest absolute Gasteiger partial charge is 0.294 e. The molecule has 0 bridgehead atoms. The molecular formula is C13H14F3N3OS. The number of hydrogen-bond acceptors (Lipinski definition) is 4. The molecule has 0 spiro atoms. The first-order chi connectivity index (χ1) is 9.81. The maximum Gasteiger partial charge on any atom is 0.401 e. The Morgan fingerprint density at radius 2 is 2.05 bits per heavy atom. The van der Waals surface area contributed by atoms with Crippen LogP contribution >= 0.6 is 11.3 Å². The standard InChI is InChI=1S/C13H14F3N3OS/c1-19(7-13(14,15)16)6-9-8-4-2-3-5-10(8)21-11(9)12(20)18-17/h2-5H,6-7,17H2,1H3,(H,18,20). The fourth-order valence-corrected chi connectivity index (χ4v) is 3.25. The van der Waals surface area contributed by atoms with E-state index in [0.29, 0.717) is 10.4 Å². The number of nitrogens with zero attached hydrogens (tertiary/aromatic N) is 1. The number of fused-ring (bicyclic) bond motifs is 1. The summed E-state index contributed by atoms with van der Waals surface area (Å²) in [6, 6.07) is 7.20. The summed E-state index contributed by atoms with van der Waals surface area (Å²) in [4.78, 5) is 13.3. The molecule has 8 heteroatoms. The van der Waals surface area contributed by atoms with Crippen LogP contribution in [0.4, 0.5) is 13.2 Å². The molecule has 2 rings (SSSR count). The van der Waals surface area contributed by atoms with E-state index in [-0.39, 0.29) is 6.54 Å². The molecule has 0 saturated heterocycles. The van der Waals surface area contributed by atoms with E-state index in [0.717, 1.165) is 15.0 Å². The van der Waals surface area contributed by atoms with E-state index in [1.807, 2.05) is 17.6 Å². The van der Waals surface area contributed by atoms with E-state index in [1.165, 1.54) is 18.4 Å². The predicted octanol–water partition coefficient (Wildman–Crippen LogP) is 2.50. The fourth-order valence-electron chi connectivity index (χ4n) is 2.14. The second kappa shape index (κ2) is 6.00. The van der Waals surface area contributed by atoms with Crippen LogP contribution in [-0.4, -0.2) is 30.6 Å². The van der Waals surface area contributed by atoms with Crippen LogP contribution in [0, 0.1) is 0 Å². The molecule has 0 aliphatic heterocycles. The quantitative estimate of drug-likeness (QED) is 0.517. The molecule has 114 valence electrons. The van der Waals surface area contributed by atoms with Gasteiger partial charge in [-0.05, 0) is 24.1 Å². The van der Waals surface area contributed by atoms with E-state index in [4.69, 9.17) is 5.84 Å². The van der Waals surface area contributed by atoms with Gasteiger partial charge in [-0.3, -0.25) is 15.1 Å². The molecule has 0 fully saturated rings. The molecule has 1 heterocycles. The molecule has 21 heavy (non-hydrogen) atoms. The van der Waals surface area contributed by atoms with Gasteiger partial charge in [0.05, 0.1) is 11.4 Å². The van der Waals surface area contributed by atoms with Gasteiger partial charge in [0.2, 0.25) is 0 Å².